The Labute approximate surface area is 214 Å². The van der Waals surface area contributed by atoms with E-state index in [9.17, 15) is 26.7 Å². The van der Waals surface area contributed by atoms with E-state index in [4.69, 9.17) is 16.2 Å². The molecule has 0 fully saturated rings. The number of benzene rings is 3. The van der Waals surface area contributed by atoms with Crippen molar-refractivity contribution in [2.75, 3.05) is 11.8 Å². The van der Waals surface area contributed by atoms with Gasteiger partial charge in [0.05, 0.1) is 35.1 Å². The molecule has 0 saturated carbocycles. The van der Waals surface area contributed by atoms with Gasteiger partial charge >= 0.3 is 5.97 Å². The molecule has 7 N–H and O–H groups in total. The minimum atomic E-state index is -4.12. The second-order valence-electron chi connectivity index (χ2n) is 7.71. The standard InChI is InChI=1S/C23H25N5O7S2/c1-35-18-8-10-19(11-9-18)36(31,32)28-21(14-22(29)30)15-4-2-6-17(12-15)27-37(33,34)20-7-3-5-16(13-20)26-23(24)25/h2-13,21,27-28H,14H2,1H3,(H,29,30)(H4,24,25,26). The number of carbonyl (C=O) groups is 1. The molecule has 0 aliphatic heterocycles. The molecule has 3 aromatic rings. The van der Waals surface area contributed by atoms with Gasteiger partial charge < -0.3 is 21.3 Å². The van der Waals surface area contributed by atoms with Crippen molar-refractivity contribution >= 4 is 43.4 Å². The number of sulfonamides is 2. The lowest BCUT2D eigenvalue weighted by Crippen LogP contribution is -2.30. The number of ether oxygens (including phenoxy) is 1. The zero-order valence-corrected chi connectivity index (χ0v) is 21.2. The Kier molecular flexibility index (Phi) is 8.37. The fourth-order valence-electron chi connectivity index (χ4n) is 3.31. The highest BCUT2D eigenvalue weighted by Gasteiger charge is 2.24. The molecule has 14 heteroatoms. The first-order chi connectivity index (χ1) is 17.4. The smallest absolute Gasteiger partial charge is 0.305 e. The van der Waals surface area contributed by atoms with Gasteiger partial charge in [-0.3, -0.25) is 9.52 Å². The molecule has 3 rings (SSSR count). The molecule has 1 atom stereocenters. The Morgan fingerprint density at radius 3 is 2.24 bits per heavy atom. The van der Waals surface area contributed by atoms with Crippen molar-refractivity contribution < 1.29 is 31.5 Å². The zero-order chi connectivity index (χ0) is 27.2. The van der Waals surface area contributed by atoms with Crippen LogP contribution in [0.15, 0.2) is 87.6 Å². The normalized spacial score (nSPS) is 12.4. The monoisotopic (exact) mass is 547 g/mol. The van der Waals surface area contributed by atoms with Gasteiger partial charge in [0.1, 0.15) is 5.75 Å². The second kappa shape index (κ2) is 11.3. The van der Waals surface area contributed by atoms with Gasteiger partial charge in [0.15, 0.2) is 5.96 Å². The van der Waals surface area contributed by atoms with Crippen LogP contribution in [0.4, 0.5) is 11.4 Å². The number of nitrogens with zero attached hydrogens (tertiary/aromatic N) is 1. The van der Waals surface area contributed by atoms with Crippen LogP contribution in [0.1, 0.15) is 18.0 Å². The highest BCUT2D eigenvalue weighted by molar-refractivity contribution is 7.92. The molecule has 1 unspecified atom stereocenters. The molecule has 0 heterocycles. The minimum absolute atomic E-state index is 0.0868. The maximum Gasteiger partial charge on any atom is 0.305 e. The summed E-state index contributed by atoms with van der Waals surface area (Å²) >= 11 is 0. The average molecular weight is 548 g/mol. The molecular weight excluding hydrogens is 522 g/mol. The lowest BCUT2D eigenvalue weighted by atomic mass is 10.0. The van der Waals surface area contributed by atoms with Gasteiger partial charge in [0.2, 0.25) is 10.0 Å². The van der Waals surface area contributed by atoms with Crippen LogP contribution in [0.25, 0.3) is 0 Å². The highest BCUT2D eigenvalue weighted by atomic mass is 32.2. The van der Waals surface area contributed by atoms with E-state index in [1.807, 2.05) is 0 Å². The SMILES string of the molecule is COc1ccc(S(=O)(=O)NC(CC(=O)O)c2cccc(NS(=O)(=O)c3cccc(N=C(N)N)c3)c2)cc1. The van der Waals surface area contributed by atoms with E-state index in [0.717, 1.165) is 0 Å². The Balaban J connectivity index is 1.90. The molecule has 0 aliphatic carbocycles. The number of carboxylic acid groups (broad SMARTS) is 1. The Hall–Kier alpha value is -4.14. The average Bonchev–Trinajstić information content (AvgIpc) is 2.83. The van der Waals surface area contributed by atoms with Gasteiger partial charge in [0, 0.05) is 5.69 Å². The first kappa shape index (κ1) is 27.4. The first-order valence-electron chi connectivity index (χ1n) is 10.6. The maximum atomic E-state index is 12.9. The van der Waals surface area contributed by atoms with Crippen molar-refractivity contribution in [3.63, 3.8) is 0 Å². The largest absolute Gasteiger partial charge is 0.497 e. The third kappa shape index (κ3) is 7.42. The highest BCUT2D eigenvalue weighted by Crippen LogP contribution is 2.26. The van der Waals surface area contributed by atoms with Crippen molar-refractivity contribution in [1.29, 1.82) is 0 Å². The van der Waals surface area contributed by atoms with E-state index in [0.29, 0.717) is 5.75 Å². The molecule has 0 aliphatic rings. The number of carboxylic acids is 1. The van der Waals surface area contributed by atoms with Crippen LogP contribution >= 0.6 is 0 Å². The van der Waals surface area contributed by atoms with Gasteiger partial charge in [-0.2, -0.15) is 0 Å². The summed E-state index contributed by atoms with van der Waals surface area (Å²) in [7, 11) is -6.78. The third-order valence-electron chi connectivity index (χ3n) is 4.97. The summed E-state index contributed by atoms with van der Waals surface area (Å²) < 4.78 is 61.5. The number of nitrogens with one attached hydrogen (secondary N) is 2. The molecule has 0 amide bonds. The van der Waals surface area contributed by atoms with Gasteiger partial charge in [-0.1, -0.05) is 18.2 Å². The topological polar surface area (TPSA) is 203 Å². The van der Waals surface area contributed by atoms with Gasteiger partial charge in [0.25, 0.3) is 10.0 Å². The second-order valence-corrected chi connectivity index (χ2v) is 11.1. The van der Waals surface area contributed by atoms with Crippen LogP contribution in [-0.4, -0.2) is 41.0 Å². The first-order valence-corrected chi connectivity index (χ1v) is 13.6. The van der Waals surface area contributed by atoms with E-state index in [2.05, 4.69) is 14.4 Å². The van der Waals surface area contributed by atoms with Gasteiger partial charge in [-0.05, 0) is 60.2 Å². The molecule has 0 aromatic heterocycles. The van der Waals surface area contributed by atoms with Crippen LogP contribution in [0.3, 0.4) is 0 Å². The van der Waals surface area contributed by atoms with Crippen molar-refractivity contribution in [1.82, 2.24) is 4.72 Å². The molecule has 0 saturated heterocycles. The number of hydrogen-bond donors (Lipinski definition) is 5. The van der Waals surface area contributed by atoms with Crippen LogP contribution in [0, 0.1) is 0 Å². The van der Waals surface area contributed by atoms with Gasteiger partial charge in [-0.25, -0.2) is 26.6 Å². The number of anilines is 1. The van der Waals surface area contributed by atoms with Crippen LogP contribution < -0.4 is 25.6 Å². The summed E-state index contributed by atoms with van der Waals surface area (Å²) in [5.41, 5.74) is 11.2. The number of hydrogen-bond acceptors (Lipinski definition) is 7. The summed E-state index contributed by atoms with van der Waals surface area (Å²) in [6, 6.07) is 15.7. The summed E-state index contributed by atoms with van der Waals surface area (Å²) in [6.45, 7) is 0. The predicted molar refractivity (Wildman–Crippen MR) is 137 cm³/mol. The molecule has 0 bridgehead atoms. The number of methoxy groups -OCH3 is 1. The Bertz CT molecular complexity index is 1520. The van der Waals surface area contributed by atoms with Crippen LogP contribution in [0.2, 0.25) is 0 Å². The van der Waals surface area contributed by atoms with Crippen molar-refractivity contribution in [2.45, 2.75) is 22.3 Å². The molecule has 0 radical (unpaired) electrons. The molecular formula is C23H25N5O7S2. The van der Waals surface area contributed by atoms with Gasteiger partial charge in [-0.15, -0.1) is 0 Å². The molecule has 3 aromatic carbocycles. The summed E-state index contributed by atoms with van der Waals surface area (Å²) in [5, 5.41) is 9.38. The molecule has 37 heavy (non-hydrogen) atoms. The molecule has 196 valence electrons. The number of rotatable bonds is 11. The predicted octanol–water partition coefficient (Wildman–Crippen LogP) is 1.90. The molecule has 0 spiro atoms. The van der Waals surface area contributed by atoms with E-state index >= 15 is 0 Å². The quantitative estimate of drug-likeness (QED) is 0.175. The van der Waals surface area contributed by atoms with E-state index in [1.165, 1.54) is 79.9 Å². The number of aliphatic carboxylic acids is 1. The number of nitrogens with two attached hydrogens (primary N) is 2. The van der Waals surface area contributed by atoms with E-state index < -0.39 is 38.5 Å². The van der Waals surface area contributed by atoms with E-state index in [1.54, 1.807) is 0 Å². The Morgan fingerprint density at radius 1 is 0.946 bits per heavy atom. The lowest BCUT2D eigenvalue weighted by Gasteiger charge is -2.19. The minimum Gasteiger partial charge on any atom is -0.497 e. The summed E-state index contributed by atoms with van der Waals surface area (Å²) in [6.07, 6.45) is -0.591. The third-order valence-corrected chi connectivity index (χ3v) is 7.84. The molecule has 12 nitrogen and oxygen atoms in total. The van der Waals surface area contributed by atoms with E-state index in [-0.39, 0.29) is 32.7 Å². The summed E-state index contributed by atoms with van der Waals surface area (Å²) in [4.78, 5) is 15.1. The van der Waals surface area contributed by atoms with Crippen LogP contribution in [0.5, 0.6) is 5.75 Å². The maximum absolute atomic E-state index is 12.9. The fourth-order valence-corrected chi connectivity index (χ4v) is 5.63. The number of aliphatic imine (C=N–C) groups is 1. The number of guanidine groups is 1. The summed E-state index contributed by atoms with van der Waals surface area (Å²) in [5.74, 6) is -1.05. The van der Waals surface area contributed by atoms with Crippen LogP contribution in [-0.2, 0) is 24.8 Å². The van der Waals surface area contributed by atoms with Crippen molar-refractivity contribution in [3.05, 3.63) is 78.4 Å². The van der Waals surface area contributed by atoms with Crippen molar-refractivity contribution in [2.24, 2.45) is 16.5 Å². The fraction of sp³-hybridized carbons (Fsp3) is 0.130. The lowest BCUT2D eigenvalue weighted by molar-refractivity contribution is -0.137. The zero-order valence-electron chi connectivity index (χ0n) is 19.5. The van der Waals surface area contributed by atoms with Crippen molar-refractivity contribution in [3.8, 4) is 5.75 Å². The Morgan fingerprint density at radius 2 is 1.62 bits per heavy atom.